The third-order valence-electron chi connectivity index (χ3n) is 4.21. The van der Waals surface area contributed by atoms with Crippen LogP contribution in [0.4, 0.5) is 11.4 Å². The summed E-state index contributed by atoms with van der Waals surface area (Å²) in [4.78, 5) is 0.261. The first-order chi connectivity index (χ1) is 13.0. The Morgan fingerprint density at radius 3 is 2.15 bits per heavy atom. The summed E-state index contributed by atoms with van der Waals surface area (Å²) in [5, 5.41) is 3.96. The molecular formula is C21H21ClN2O2S. The fourth-order valence-corrected chi connectivity index (χ4v) is 4.47. The summed E-state index contributed by atoms with van der Waals surface area (Å²) in [6, 6.07) is 23.5. The van der Waals surface area contributed by atoms with E-state index in [1.807, 2.05) is 49.4 Å². The number of hydrogen-bond donors (Lipinski definition) is 1. The van der Waals surface area contributed by atoms with Gasteiger partial charge >= 0.3 is 0 Å². The van der Waals surface area contributed by atoms with Gasteiger partial charge in [-0.1, -0.05) is 48.0 Å². The summed E-state index contributed by atoms with van der Waals surface area (Å²) in [5.41, 5.74) is 2.47. The predicted octanol–water partition coefficient (Wildman–Crippen LogP) is 5.17. The molecule has 6 heteroatoms. The van der Waals surface area contributed by atoms with Gasteiger partial charge in [0.1, 0.15) is 0 Å². The molecule has 0 unspecified atom stereocenters. The van der Waals surface area contributed by atoms with Crippen LogP contribution in [-0.4, -0.2) is 15.0 Å². The molecule has 0 spiro atoms. The van der Waals surface area contributed by atoms with E-state index in [0.717, 1.165) is 11.3 Å². The fraction of sp³-hybridized carbons (Fsp3) is 0.143. The van der Waals surface area contributed by atoms with E-state index < -0.39 is 10.0 Å². The topological polar surface area (TPSA) is 49.4 Å². The molecule has 3 aromatic carbocycles. The quantitative estimate of drug-likeness (QED) is 0.595. The number of halogens is 1. The summed E-state index contributed by atoms with van der Waals surface area (Å²) in [6.07, 6.45) is 0. The van der Waals surface area contributed by atoms with E-state index in [2.05, 4.69) is 5.32 Å². The van der Waals surface area contributed by atoms with E-state index in [9.17, 15) is 8.42 Å². The molecule has 0 aliphatic heterocycles. The molecule has 0 aliphatic carbocycles. The Balaban J connectivity index is 1.76. The standard InChI is InChI=1S/C21H21ClN2O2S/c1-2-24(19-9-4-3-5-10-19)27(25,26)20-14-12-18(13-15-20)23-16-17-8-6-7-11-21(17)22/h3-15,23H,2,16H2,1H3. The van der Waals surface area contributed by atoms with Gasteiger partial charge in [-0.05, 0) is 55.0 Å². The van der Waals surface area contributed by atoms with E-state index in [0.29, 0.717) is 23.8 Å². The zero-order chi connectivity index (χ0) is 19.3. The highest BCUT2D eigenvalue weighted by Gasteiger charge is 2.23. The molecule has 0 bridgehead atoms. The van der Waals surface area contributed by atoms with Crippen LogP contribution in [-0.2, 0) is 16.6 Å². The highest BCUT2D eigenvalue weighted by molar-refractivity contribution is 7.92. The maximum atomic E-state index is 13.0. The van der Waals surface area contributed by atoms with Crippen molar-refractivity contribution >= 4 is 33.0 Å². The summed E-state index contributed by atoms with van der Waals surface area (Å²) in [5.74, 6) is 0. The molecular weight excluding hydrogens is 380 g/mol. The van der Waals surface area contributed by atoms with E-state index in [1.165, 1.54) is 4.31 Å². The van der Waals surface area contributed by atoms with Crippen LogP contribution in [0.15, 0.2) is 83.8 Å². The largest absolute Gasteiger partial charge is 0.381 e. The highest BCUT2D eigenvalue weighted by atomic mass is 35.5. The van der Waals surface area contributed by atoms with Crippen molar-refractivity contribution in [2.75, 3.05) is 16.2 Å². The van der Waals surface area contributed by atoms with E-state index in [4.69, 9.17) is 11.6 Å². The number of para-hydroxylation sites is 1. The van der Waals surface area contributed by atoms with Crippen molar-refractivity contribution < 1.29 is 8.42 Å². The first kappa shape index (κ1) is 19.3. The first-order valence-electron chi connectivity index (χ1n) is 8.67. The van der Waals surface area contributed by atoms with Crippen LogP contribution in [0, 0.1) is 0 Å². The number of rotatable bonds is 7. The molecule has 0 radical (unpaired) electrons. The molecule has 4 nitrogen and oxygen atoms in total. The predicted molar refractivity (Wildman–Crippen MR) is 112 cm³/mol. The van der Waals surface area contributed by atoms with Crippen molar-refractivity contribution in [1.29, 1.82) is 0 Å². The lowest BCUT2D eigenvalue weighted by Gasteiger charge is -2.23. The molecule has 0 saturated heterocycles. The number of hydrogen-bond acceptors (Lipinski definition) is 3. The Kier molecular flexibility index (Phi) is 6.04. The zero-order valence-electron chi connectivity index (χ0n) is 15.0. The monoisotopic (exact) mass is 400 g/mol. The van der Waals surface area contributed by atoms with Gasteiger partial charge in [-0.3, -0.25) is 4.31 Å². The van der Waals surface area contributed by atoms with Gasteiger partial charge in [0, 0.05) is 23.8 Å². The third kappa shape index (κ3) is 4.43. The maximum Gasteiger partial charge on any atom is 0.264 e. The number of sulfonamides is 1. The lowest BCUT2D eigenvalue weighted by molar-refractivity contribution is 0.592. The van der Waals surface area contributed by atoms with Crippen molar-refractivity contribution in [1.82, 2.24) is 0 Å². The smallest absolute Gasteiger partial charge is 0.264 e. The molecule has 0 saturated carbocycles. The van der Waals surface area contributed by atoms with Crippen molar-refractivity contribution in [3.8, 4) is 0 Å². The molecule has 0 aromatic heterocycles. The SMILES string of the molecule is CCN(c1ccccc1)S(=O)(=O)c1ccc(NCc2ccccc2Cl)cc1. The lowest BCUT2D eigenvalue weighted by Crippen LogP contribution is -2.30. The van der Waals surface area contributed by atoms with E-state index >= 15 is 0 Å². The number of anilines is 2. The second kappa shape index (κ2) is 8.46. The second-order valence-corrected chi connectivity index (χ2v) is 8.24. The van der Waals surface area contributed by atoms with Crippen LogP contribution in [0.1, 0.15) is 12.5 Å². The van der Waals surface area contributed by atoms with Crippen molar-refractivity contribution in [3.63, 3.8) is 0 Å². The number of nitrogens with one attached hydrogen (secondary N) is 1. The Hall–Kier alpha value is -2.50. The zero-order valence-corrected chi connectivity index (χ0v) is 16.5. The van der Waals surface area contributed by atoms with Gasteiger partial charge in [-0.15, -0.1) is 0 Å². The third-order valence-corrected chi connectivity index (χ3v) is 6.50. The van der Waals surface area contributed by atoms with Gasteiger partial charge in [0.25, 0.3) is 10.0 Å². The normalized spacial score (nSPS) is 11.2. The van der Waals surface area contributed by atoms with Crippen LogP contribution in [0.25, 0.3) is 0 Å². The summed E-state index contributed by atoms with van der Waals surface area (Å²) in [6.45, 7) is 2.75. The Morgan fingerprint density at radius 1 is 0.889 bits per heavy atom. The van der Waals surface area contributed by atoms with Crippen LogP contribution >= 0.6 is 11.6 Å². The summed E-state index contributed by atoms with van der Waals surface area (Å²) < 4.78 is 27.4. The van der Waals surface area contributed by atoms with Gasteiger partial charge in [0.05, 0.1) is 10.6 Å². The van der Waals surface area contributed by atoms with Crippen molar-refractivity contribution in [3.05, 3.63) is 89.4 Å². The Bertz CT molecular complexity index is 990. The van der Waals surface area contributed by atoms with Crippen LogP contribution in [0.5, 0.6) is 0 Å². The molecule has 3 rings (SSSR count). The number of benzene rings is 3. The summed E-state index contributed by atoms with van der Waals surface area (Å²) in [7, 11) is -3.61. The fourth-order valence-electron chi connectivity index (χ4n) is 2.80. The van der Waals surface area contributed by atoms with Crippen LogP contribution in [0.2, 0.25) is 5.02 Å². The molecule has 0 amide bonds. The van der Waals surface area contributed by atoms with Gasteiger partial charge in [0.15, 0.2) is 0 Å². The molecule has 140 valence electrons. The molecule has 0 aliphatic rings. The number of nitrogens with zero attached hydrogens (tertiary/aromatic N) is 1. The van der Waals surface area contributed by atoms with Gasteiger partial charge < -0.3 is 5.32 Å². The minimum absolute atomic E-state index is 0.261. The van der Waals surface area contributed by atoms with E-state index in [1.54, 1.807) is 36.4 Å². The molecule has 0 heterocycles. The van der Waals surface area contributed by atoms with Crippen LogP contribution in [0.3, 0.4) is 0 Å². The maximum absolute atomic E-state index is 13.0. The Morgan fingerprint density at radius 2 is 1.52 bits per heavy atom. The van der Waals surface area contributed by atoms with Crippen LogP contribution < -0.4 is 9.62 Å². The minimum Gasteiger partial charge on any atom is -0.381 e. The average Bonchev–Trinajstić information content (AvgIpc) is 2.69. The van der Waals surface area contributed by atoms with Gasteiger partial charge in [0.2, 0.25) is 0 Å². The van der Waals surface area contributed by atoms with Crippen molar-refractivity contribution in [2.45, 2.75) is 18.4 Å². The van der Waals surface area contributed by atoms with E-state index in [-0.39, 0.29) is 4.90 Å². The highest BCUT2D eigenvalue weighted by Crippen LogP contribution is 2.24. The molecule has 1 N–H and O–H groups in total. The van der Waals surface area contributed by atoms with Gasteiger partial charge in [-0.2, -0.15) is 0 Å². The lowest BCUT2D eigenvalue weighted by atomic mass is 10.2. The Labute approximate surface area is 165 Å². The molecule has 27 heavy (non-hydrogen) atoms. The summed E-state index contributed by atoms with van der Waals surface area (Å²) >= 11 is 6.16. The minimum atomic E-state index is -3.61. The first-order valence-corrected chi connectivity index (χ1v) is 10.5. The molecule has 0 atom stereocenters. The van der Waals surface area contributed by atoms with Crippen molar-refractivity contribution in [2.24, 2.45) is 0 Å². The second-order valence-electron chi connectivity index (χ2n) is 5.97. The van der Waals surface area contributed by atoms with Gasteiger partial charge in [-0.25, -0.2) is 8.42 Å². The molecule has 0 fully saturated rings. The average molecular weight is 401 g/mol. The molecule has 3 aromatic rings.